The normalized spacial score (nSPS) is 26.4. The average Bonchev–Trinajstić information content (AvgIpc) is 2.47. The van der Waals surface area contributed by atoms with Crippen LogP contribution in [0.1, 0.15) is 39.0 Å². The highest BCUT2D eigenvalue weighted by Gasteiger charge is 2.41. The Morgan fingerprint density at radius 2 is 1.90 bits per heavy atom. The summed E-state index contributed by atoms with van der Waals surface area (Å²) in [6.07, 6.45) is 4.55. The first-order valence-electron chi connectivity index (χ1n) is 7.58. The van der Waals surface area contributed by atoms with Gasteiger partial charge in [0.1, 0.15) is 0 Å². The van der Waals surface area contributed by atoms with Gasteiger partial charge in [0.2, 0.25) is 0 Å². The van der Waals surface area contributed by atoms with E-state index in [1.54, 1.807) is 7.11 Å². The van der Waals surface area contributed by atoms with E-state index in [1.807, 2.05) is 0 Å². The van der Waals surface area contributed by atoms with Crippen LogP contribution < -0.4 is 5.73 Å². The number of hydrogen-bond donors (Lipinski definition) is 1. The second kappa shape index (κ2) is 9.32. The topological polar surface area (TPSA) is 70.8 Å². The summed E-state index contributed by atoms with van der Waals surface area (Å²) in [6.45, 7) is 4.78. The molecule has 1 aliphatic carbocycles. The van der Waals surface area contributed by atoms with Gasteiger partial charge in [-0.05, 0) is 31.6 Å². The Labute approximate surface area is 122 Å². The minimum Gasteiger partial charge on any atom is -0.465 e. The van der Waals surface area contributed by atoms with Crippen LogP contribution in [0.3, 0.4) is 0 Å². The van der Waals surface area contributed by atoms with Gasteiger partial charge in [-0.3, -0.25) is 4.79 Å². The Kier molecular flexibility index (Phi) is 8.11. The number of ether oxygens (including phenoxy) is 3. The molecule has 0 saturated heterocycles. The van der Waals surface area contributed by atoms with Crippen molar-refractivity contribution in [3.05, 3.63) is 0 Å². The Bertz CT molecular complexity index is 275. The molecule has 1 saturated carbocycles. The lowest BCUT2D eigenvalue weighted by Crippen LogP contribution is -2.42. The van der Waals surface area contributed by atoms with Crippen LogP contribution in [0.25, 0.3) is 0 Å². The maximum atomic E-state index is 12.2. The first-order valence-corrected chi connectivity index (χ1v) is 7.58. The molecule has 118 valence electrons. The summed E-state index contributed by atoms with van der Waals surface area (Å²) in [5, 5.41) is 0. The number of nitrogens with two attached hydrogens (primary N) is 1. The highest BCUT2D eigenvalue weighted by Crippen LogP contribution is 2.39. The van der Waals surface area contributed by atoms with Crippen molar-refractivity contribution in [3.8, 4) is 0 Å². The Hall–Kier alpha value is -0.650. The van der Waals surface area contributed by atoms with Crippen molar-refractivity contribution < 1.29 is 19.0 Å². The summed E-state index contributed by atoms with van der Waals surface area (Å²) in [5.41, 5.74) is 5.39. The molecule has 20 heavy (non-hydrogen) atoms. The lowest BCUT2D eigenvalue weighted by atomic mass is 9.71. The van der Waals surface area contributed by atoms with E-state index >= 15 is 0 Å². The standard InChI is InChI=1S/C15H29NO4/c1-13-4-6-15(12-16,7-5-13)14(17)20-9-3-8-19-11-10-18-2/h13H,3-12,16H2,1-2H3. The van der Waals surface area contributed by atoms with Crippen molar-refractivity contribution in [2.24, 2.45) is 17.1 Å². The van der Waals surface area contributed by atoms with Crippen LogP contribution >= 0.6 is 0 Å². The van der Waals surface area contributed by atoms with E-state index in [1.165, 1.54) is 0 Å². The molecule has 0 aromatic heterocycles. The first-order chi connectivity index (χ1) is 9.64. The molecule has 0 unspecified atom stereocenters. The second-order valence-electron chi connectivity index (χ2n) is 5.76. The molecular formula is C15H29NO4. The zero-order valence-corrected chi connectivity index (χ0v) is 12.9. The van der Waals surface area contributed by atoms with Gasteiger partial charge >= 0.3 is 5.97 Å². The smallest absolute Gasteiger partial charge is 0.313 e. The highest BCUT2D eigenvalue weighted by atomic mass is 16.5. The molecule has 1 fully saturated rings. The molecule has 2 N–H and O–H groups in total. The third-order valence-electron chi connectivity index (χ3n) is 4.15. The monoisotopic (exact) mass is 287 g/mol. The molecule has 5 heteroatoms. The number of methoxy groups -OCH3 is 1. The molecule has 0 aromatic carbocycles. The average molecular weight is 287 g/mol. The SMILES string of the molecule is COCCOCCCOC(=O)C1(CN)CCC(C)CC1. The van der Waals surface area contributed by atoms with Crippen LogP contribution in [-0.4, -0.2) is 46.1 Å². The van der Waals surface area contributed by atoms with Crippen LogP contribution in [0.5, 0.6) is 0 Å². The lowest BCUT2D eigenvalue weighted by molar-refractivity contribution is -0.158. The molecular weight excluding hydrogens is 258 g/mol. The summed E-state index contributed by atoms with van der Waals surface area (Å²) in [6, 6.07) is 0. The number of rotatable bonds is 9. The summed E-state index contributed by atoms with van der Waals surface area (Å²) in [4.78, 5) is 12.2. The van der Waals surface area contributed by atoms with Crippen molar-refractivity contribution in [3.63, 3.8) is 0 Å². The van der Waals surface area contributed by atoms with E-state index in [0.29, 0.717) is 45.3 Å². The lowest BCUT2D eigenvalue weighted by Gasteiger charge is -2.36. The van der Waals surface area contributed by atoms with E-state index in [4.69, 9.17) is 19.9 Å². The molecule has 0 aliphatic heterocycles. The fourth-order valence-corrected chi connectivity index (χ4v) is 2.53. The van der Waals surface area contributed by atoms with Crippen LogP contribution in [-0.2, 0) is 19.0 Å². The first kappa shape index (κ1) is 17.4. The fourth-order valence-electron chi connectivity index (χ4n) is 2.53. The van der Waals surface area contributed by atoms with E-state index < -0.39 is 5.41 Å². The predicted molar refractivity (Wildman–Crippen MR) is 77.4 cm³/mol. The quantitative estimate of drug-likeness (QED) is 0.516. The van der Waals surface area contributed by atoms with E-state index in [0.717, 1.165) is 25.7 Å². The maximum absolute atomic E-state index is 12.2. The minimum absolute atomic E-state index is 0.121. The van der Waals surface area contributed by atoms with Crippen molar-refractivity contribution in [2.45, 2.75) is 39.0 Å². The van der Waals surface area contributed by atoms with Gasteiger partial charge in [0.15, 0.2) is 0 Å². The zero-order valence-electron chi connectivity index (χ0n) is 12.9. The Balaban J connectivity index is 2.20. The van der Waals surface area contributed by atoms with Gasteiger partial charge in [0, 0.05) is 26.7 Å². The van der Waals surface area contributed by atoms with E-state index in [2.05, 4.69) is 6.92 Å². The third-order valence-corrected chi connectivity index (χ3v) is 4.15. The molecule has 0 radical (unpaired) electrons. The molecule has 5 nitrogen and oxygen atoms in total. The molecule has 0 bridgehead atoms. The fraction of sp³-hybridized carbons (Fsp3) is 0.933. The molecule has 0 amide bonds. The third kappa shape index (κ3) is 5.38. The largest absolute Gasteiger partial charge is 0.465 e. The van der Waals surface area contributed by atoms with Crippen LogP contribution in [0, 0.1) is 11.3 Å². The molecule has 1 aliphatic rings. The van der Waals surface area contributed by atoms with Gasteiger partial charge < -0.3 is 19.9 Å². The van der Waals surface area contributed by atoms with Gasteiger partial charge in [-0.1, -0.05) is 6.92 Å². The summed E-state index contributed by atoms with van der Waals surface area (Å²) >= 11 is 0. The number of esters is 1. The summed E-state index contributed by atoms with van der Waals surface area (Å²) in [7, 11) is 1.64. The zero-order chi connectivity index (χ0) is 14.8. The molecule has 1 rings (SSSR count). The van der Waals surface area contributed by atoms with Crippen LogP contribution in [0.2, 0.25) is 0 Å². The highest BCUT2D eigenvalue weighted by molar-refractivity contribution is 5.77. The maximum Gasteiger partial charge on any atom is 0.313 e. The van der Waals surface area contributed by atoms with E-state index in [9.17, 15) is 4.79 Å². The molecule has 0 atom stereocenters. The van der Waals surface area contributed by atoms with E-state index in [-0.39, 0.29) is 5.97 Å². The van der Waals surface area contributed by atoms with Gasteiger partial charge in [0.05, 0.1) is 25.2 Å². The minimum atomic E-state index is -0.441. The molecule has 0 spiro atoms. The summed E-state index contributed by atoms with van der Waals surface area (Å²) < 4.78 is 15.6. The van der Waals surface area contributed by atoms with Gasteiger partial charge in [-0.2, -0.15) is 0 Å². The van der Waals surface area contributed by atoms with Crippen molar-refractivity contribution in [1.29, 1.82) is 0 Å². The van der Waals surface area contributed by atoms with Gasteiger partial charge in [0.25, 0.3) is 0 Å². The predicted octanol–water partition coefficient (Wildman–Crippen LogP) is 1.74. The molecule has 0 heterocycles. The summed E-state index contributed by atoms with van der Waals surface area (Å²) in [5.74, 6) is 0.570. The number of carbonyl (C=O) groups excluding carboxylic acids is 1. The van der Waals surface area contributed by atoms with Crippen LogP contribution in [0.15, 0.2) is 0 Å². The van der Waals surface area contributed by atoms with Crippen molar-refractivity contribution >= 4 is 5.97 Å². The number of carbonyl (C=O) groups is 1. The molecule has 0 aromatic rings. The Morgan fingerprint density at radius 3 is 2.50 bits per heavy atom. The van der Waals surface area contributed by atoms with Gasteiger partial charge in [-0.15, -0.1) is 0 Å². The van der Waals surface area contributed by atoms with Gasteiger partial charge in [-0.25, -0.2) is 0 Å². The van der Waals surface area contributed by atoms with Crippen LogP contribution in [0.4, 0.5) is 0 Å². The van der Waals surface area contributed by atoms with Crippen molar-refractivity contribution in [2.75, 3.05) is 40.1 Å². The van der Waals surface area contributed by atoms with Crippen molar-refractivity contribution in [1.82, 2.24) is 0 Å². The Morgan fingerprint density at radius 1 is 1.20 bits per heavy atom. The number of hydrogen-bond acceptors (Lipinski definition) is 5. The second-order valence-corrected chi connectivity index (χ2v) is 5.76.